The molecule has 1 fully saturated rings. The van der Waals surface area contributed by atoms with E-state index in [2.05, 4.69) is 5.32 Å². The van der Waals surface area contributed by atoms with Crippen molar-refractivity contribution in [3.05, 3.63) is 64.9 Å². The van der Waals surface area contributed by atoms with Crippen molar-refractivity contribution < 1.29 is 14.1 Å². The fourth-order valence-corrected chi connectivity index (χ4v) is 3.41. The highest BCUT2D eigenvalue weighted by Gasteiger charge is 2.28. The summed E-state index contributed by atoms with van der Waals surface area (Å²) in [5.41, 5.74) is 1.40. The monoisotopic (exact) mass is 347 g/mol. The van der Waals surface area contributed by atoms with Crippen LogP contribution >= 0.6 is 11.6 Å². The Hall–Kier alpha value is -1.91. The Bertz CT molecular complexity index is 680. The molecule has 0 atom stereocenters. The van der Waals surface area contributed by atoms with Crippen LogP contribution in [0.2, 0.25) is 5.02 Å². The van der Waals surface area contributed by atoms with Crippen molar-refractivity contribution in [2.24, 2.45) is 5.92 Å². The second-order valence-electron chi connectivity index (χ2n) is 6.26. The van der Waals surface area contributed by atoms with Gasteiger partial charge in [-0.15, -0.1) is 0 Å². The molecule has 1 saturated heterocycles. The molecule has 1 aliphatic heterocycles. The number of amides is 1. The van der Waals surface area contributed by atoms with Gasteiger partial charge in [0.05, 0.1) is 23.7 Å². The van der Waals surface area contributed by atoms with Gasteiger partial charge < -0.3 is 10.2 Å². The van der Waals surface area contributed by atoms with E-state index in [1.165, 1.54) is 11.0 Å². The SMILES string of the molecule is O=C(Nc1ccccc1)C1CC[NH+](Cc2c(F)cccc2Cl)CC1. The zero-order valence-corrected chi connectivity index (χ0v) is 14.2. The molecule has 1 heterocycles. The van der Waals surface area contributed by atoms with Crippen molar-refractivity contribution in [3.8, 4) is 0 Å². The van der Waals surface area contributed by atoms with Gasteiger partial charge in [0.1, 0.15) is 12.4 Å². The number of carbonyl (C=O) groups is 1. The van der Waals surface area contributed by atoms with Crippen molar-refractivity contribution >= 4 is 23.2 Å². The van der Waals surface area contributed by atoms with E-state index in [4.69, 9.17) is 11.6 Å². The summed E-state index contributed by atoms with van der Waals surface area (Å²) in [5.74, 6) is -0.159. The summed E-state index contributed by atoms with van der Waals surface area (Å²) in [5, 5.41) is 3.44. The lowest BCUT2D eigenvalue weighted by Gasteiger charge is -2.29. The zero-order valence-electron chi connectivity index (χ0n) is 13.4. The van der Waals surface area contributed by atoms with Gasteiger partial charge in [-0.25, -0.2) is 4.39 Å². The van der Waals surface area contributed by atoms with E-state index in [-0.39, 0.29) is 17.6 Å². The first-order valence-corrected chi connectivity index (χ1v) is 8.63. The molecular weight excluding hydrogens is 327 g/mol. The van der Waals surface area contributed by atoms with Crippen LogP contribution in [0.25, 0.3) is 0 Å². The highest BCUT2D eigenvalue weighted by atomic mass is 35.5. The highest BCUT2D eigenvalue weighted by molar-refractivity contribution is 6.31. The quantitative estimate of drug-likeness (QED) is 0.876. The van der Waals surface area contributed by atoms with Crippen LogP contribution in [0.5, 0.6) is 0 Å². The molecule has 0 unspecified atom stereocenters. The lowest BCUT2D eigenvalue weighted by atomic mass is 9.95. The maximum Gasteiger partial charge on any atom is 0.227 e. The number of anilines is 1. The Morgan fingerprint density at radius 2 is 1.83 bits per heavy atom. The van der Waals surface area contributed by atoms with Crippen molar-refractivity contribution in [1.82, 2.24) is 0 Å². The second kappa shape index (κ2) is 7.77. The van der Waals surface area contributed by atoms with Crippen LogP contribution in [-0.2, 0) is 11.3 Å². The maximum atomic E-state index is 13.9. The molecule has 24 heavy (non-hydrogen) atoms. The minimum absolute atomic E-state index is 0.0186. The Morgan fingerprint density at radius 1 is 1.12 bits per heavy atom. The average Bonchev–Trinajstić information content (AvgIpc) is 2.60. The van der Waals surface area contributed by atoms with E-state index in [0.717, 1.165) is 31.6 Å². The van der Waals surface area contributed by atoms with Gasteiger partial charge in [-0.1, -0.05) is 35.9 Å². The Kier molecular flexibility index (Phi) is 5.48. The summed E-state index contributed by atoms with van der Waals surface area (Å²) < 4.78 is 13.9. The van der Waals surface area contributed by atoms with Gasteiger partial charge in [-0.3, -0.25) is 4.79 Å². The number of piperidine rings is 1. The van der Waals surface area contributed by atoms with Crippen molar-refractivity contribution in [1.29, 1.82) is 0 Å². The first-order valence-electron chi connectivity index (χ1n) is 8.26. The molecule has 2 N–H and O–H groups in total. The number of rotatable bonds is 4. The summed E-state index contributed by atoms with van der Waals surface area (Å²) in [6.07, 6.45) is 1.61. The minimum atomic E-state index is -0.251. The summed E-state index contributed by atoms with van der Waals surface area (Å²) in [6, 6.07) is 14.3. The van der Waals surface area contributed by atoms with Crippen LogP contribution in [0.15, 0.2) is 48.5 Å². The molecular formula is C19H21ClFN2O+. The smallest absolute Gasteiger partial charge is 0.227 e. The van der Waals surface area contributed by atoms with Crippen molar-refractivity contribution in [2.45, 2.75) is 19.4 Å². The van der Waals surface area contributed by atoms with Gasteiger partial charge >= 0.3 is 0 Å². The van der Waals surface area contributed by atoms with E-state index in [1.807, 2.05) is 30.3 Å². The van der Waals surface area contributed by atoms with E-state index in [0.29, 0.717) is 17.1 Å². The number of nitrogens with one attached hydrogen (secondary N) is 2. The second-order valence-corrected chi connectivity index (χ2v) is 6.66. The molecule has 0 bridgehead atoms. The zero-order chi connectivity index (χ0) is 16.9. The first kappa shape index (κ1) is 16.9. The van der Waals surface area contributed by atoms with E-state index < -0.39 is 0 Å². The largest absolute Gasteiger partial charge is 0.331 e. The minimum Gasteiger partial charge on any atom is -0.331 e. The molecule has 2 aromatic rings. The van der Waals surface area contributed by atoms with Crippen LogP contribution in [0.4, 0.5) is 10.1 Å². The lowest BCUT2D eigenvalue weighted by Crippen LogP contribution is -3.11. The summed E-state index contributed by atoms with van der Waals surface area (Å²) in [7, 11) is 0. The molecule has 1 aliphatic rings. The van der Waals surface area contributed by atoms with Gasteiger partial charge in [-0.2, -0.15) is 0 Å². The van der Waals surface area contributed by atoms with Gasteiger partial charge in [-0.05, 0) is 24.3 Å². The molecule has 1 amide bonds. The summed E-state index contributed by atoms with van der Waals surface area (Å²) in [6.45, 7) is 2.26. The van der Waals surface area contributed by atoms with Crippen LogP contribution in [0.1, 0.15) is 18.4 Å². The predicted octanol–water partition coefficient (Wildman–Crippen LogP) is 2.91. The van der Waals surface area contributed by atoms with Crippen molar-refractivity contribution in [2.75, 3.05) is 18.4 Å². The average molecular weight is 348 g/mol. The number of hydrogen-bond acceptors (Lipinski definition) is 1. The number of quaternary nitrogens is 1. The number of para-hydroxylation sites is 1. The molecule has 0 spiro atoms. The molecule has 0 aromatic heterocycles. The number of benzene rings is 2. The normalized spacial score (nSPS) is 20.6. The van der Waals surface area contributed by atoms with Gasteiger partial charge in [0.25, 0.3) is 0 Å². The molecule has 0 radical (unpaired) electrons. The maximum absolute atomic E-state index is 13.9. The molecule has 5 heteroatoms. The van der Waals surface area contributed by atoms with E-state index in [9.17, 15) is 9.18 Å². The predicted molar refractivity (Wildman–Crippen MR) is 93.6 cm³/mol. The first-order chi connectivity index (χ1) is 11.6. The number of carbonyl (C=O) groups excluding carboxylic acids is 1. The third-order valence-corrected chi connectivity index (χ3v) is 4.95. The summed E-state index contributed by atoms with van der Waals surface area (Å²) >= 11 is 6.10. The number of likely N-dealkylation sites (tertiary alicyclic amines) is 1. The number of halogens is 2. The molecule has 126 valence electrons. The lowest BCUT2D eigenvalue weighted by molar-refractivity contribution is -0.919. The van der Waals surface area contributed by atoms with Gasteiger partial charge in [0.15, 0.2) is 0 Å². The Morgan fingerprint density at radius 3 is 2.50 bits per heavy atom. The fourth-order valence-electron chi connectivity index (χ4n) is 3.18. The molecule has 3 nitrogen and oxygen atoms in total. The molecule has 3 rings (SSSR count). The third-order valence-electron chi connectivity index (χ3n) is 4.59. The van der Waals surface area contributed by atoms with Gasteiger partial charge in [0, 0.05) is 24.4 Å². The topological polar surface area (TPSA) is 33.5 Å². The molecule has 2 aromatic carbocycles. The standard InChI is InChI=1S/C19H20ClFN2O/c20-17-7-4-8-18(21)16(17)13-23-11-9-14(10-12-23)19(24)22-15-5-2-1-3-6-15/h1-8,14H,9-13H2,(H,22,24)/p+1. The molecule has 0 aliphatic carbocycles. The third kappa shape index (κ3) is 4.13. The van der Waals surface area contributed by atoms with Crippen LogP contribution < -0.4 is 10.2 Å². The molecule has 0 saturated carbocycles. The number of hydrogen-bond donors (Lipinski definition) is 2. The van der Waals surface area contributed by atoms with E-state index in [1.54, 1.807) is 12.1 Å². The van der Waals surface area contributed by atoms with Gasteiger partial charge in [0.2, 0.25) is 5.91 Å². The van der Waals surface area contributed by atoms with Crippen LogP contribution in [-0.4, -0.2) is 19.0 Å². The van der Waals surface area contributed by atoms with Crippen molar-refractivity contribution in [3.63, 3.8) is 0 Å². The highest BCUT2D eigenvalue weighted by Crippen LogP contribution is 2.19. The Balaban J connectivity index is 1.53. The van der Waals surface area contributed by atoms with E-state index >= 15 is 0 Å². The van der Waals surface area contributed by atoms with Crippen LogP contribution in [0.3, 0.4) is 0 Å². The Labute approximate surface area is 146 Å². The van der Waals surface area contributed by atoms with Crippen LogP contribution in [0, 0.1) is 11.7 Å². The fraction of sp³-hybridized carbons (Fsp3) is 0.316. The summed E-state index contributed by atoms with van der Waals surface area (Å²) in [4.78, 5) is 13.6.